The zero-order valence-electron chi connectivity index (χ0n) is 11.6. The summed E-state index contributed by atoms with van der Waals surface area (Å²) in [6, 6.07) is 11.4. The number of hydrogen-bond donors (Lipinski definition) is 2. The van der Waals surface area contributed by atoms with Crippen LogP contribution in [0.25, 0.3) is 10.9 Å². The lowest BCUT2D eigenvalue weighted by Crippen LogP contribution is -2.12. The highest BCUT2D eigenvalue weighted by Crippen LogP contribution is 2.21. The summed E-state index contributed by atoms with van der Waals surface area (Å²) in [6.07, 6.45) is 0. The van der Waals surface area contributed by atoms with E-state index in [9.17, 15) is 18.0 Å². The molecule has 0 spiro atoms. The van der Waals surface area contributed by atoms with Crippen molar-refractivity contribution in [3.63, 3.8) is 0 Å². The highest BCUT2D eigenvalue weighted by molar-refractivity contribution is 6.06. The van der Waals surface area contributed by atoms with Gasteiger partial charge in [-0.05, 0) is 42.5 Å². The maximum atomic E-state index is 13.6. The van der Waals surface area contributed by atoms with Gasteiger partial charge in [0.15, 0.2) is 0 Å². The maximum Gasteiger partial charge on any atom is 0.387 e. The molecule has 0 aliphatic heterocycles. The zero-order chi connectivity index (χ0) is 16.4. The Morgan fingerprint density at radius 2 is 1.87 bits per heavy atom. The molecule has 118 valence electrons. The molecule has 0 saturated heterocycles. The first kappa shape index (κ1) is 15.0. The van der Waals surface area contributed by atoms with E-state index in [0.717, 1.165) is 0 Å². The second-order valence-corrected chi connectivity index (χ2v) is 4.74. The molecular weight excluding hydrogens is 309 g/mol. The average molecular weight is 320 g/mol. The molecule has 3 rings (SSSR count). The van der Waals surface area contributed by atoms with E-state index in [2.05, 4.69) is 15.0 Å². The van der Waals surface area contributed by atoms with Gasteiger partial charge in [0.2, 0.25) is 0 Å². The van der Waals surface area contributed by atoms with Gasteiger partial charge in [0.05, 0.1) is 0 Å². The molecule has 0 fully saturated rings. The third-order valence-corrected chi connectivity index (χ3v) is 3.19. The third-order valence-electron chi connectivity index (χ3n) is 3.19. The largest absolute Gasteiger partial charge is 0.435 e. The third kappa shape index (κ3) is 3.28. The van der Waals surface area contributed by atoms with Gasteiger partial charge in [0, 0.05) is 16.6 Å². The highest BCUT2D eigenvalue weighted by Gasteiger charge is 2.12. The molecule has 2 N–H and O–H groups in total. The molecule has 3 aromatic rings. The maximum absolute atomic E-state index is 13.6. The van der Waals surface area contributed by atoms with Crippen LogP contribution < -0.4 is 10.1 Å². The second kappa shape index (κ2) is 6.04. The summed E-state index contributed by atoms with van der Waals surface area (Å²) >= 11 is 0. The van der Waals surface area contributed by atoms with Crippen LogP contribution in [0, 0.1) is 5.82 Å². The quantitative estimate of drug-likeness (QED) is 0.758. The normalized spacial score (nSPS) is 11.0. The smallest absolute Gasteiger partial charge is 0.387 e. The van der Waals surface area contributed by atoms with Crippen molar-refractivity contribution in [2.75, 3.05) is 5.32 Å². The molecule has 1 amide bonds. The van der Waals surface area contributed by atoms with E-state index < -0.39 is 18.3 Å². The number of fused-ring (bicyclic) bond motifs is 1. The number of hydrogen-bond acceptors (Lipinski definition) is 2. The molecule has 0 bridgehead atoms. The molecule has 2 aromatic carbocycles. The van der Waals surface area contributed by atoms with Crippen molar-refractivity contribution in [1.82, 2.24) is 4.98 Å². The number of carbonyl (C=O) groups excluding carboxylic acids is 1. The molecule has 0 saturated carbocycles. The molecular formula is C16H11F3N2O2. The number of benzene rings is 2. The van der Waals surface area contributed by atoms with Crippen molar-refractivity contribution >= 4 is 22.5 Å². The Labute approximate surface area is 128 Å². The fourth-order valence-corrected chi connectivity index (χ4v) is 2.16. The first-order valence-electron chi connectivity index (χ1n) is 6.66. The predicted octanol–water partition coefficient (Wildman–Crippen LogP) is 4.16. The Hall–Kier alpha value is -2.96. The Kier molecular flexibility index (Phi) is 3.92. The molecule has 1 aromatic heterocycles. The number of amides is 1. The van der Waals surface area contributed by atoms with E-state index in [4.69, 9.17) is 0 Å². The molecule has 0 atom stereocenters. The molecule has 0 aliphatic carbocycles. The van der Waals surface area contributed by atoms with Crippen molar-refractivity contribution in [1.29, 1.82) is 0 Å². The van der Waals surface area contributed by atoms with Crippen molar-refractivity contribution < 1.29 is 22.7 Å². The van der Waals surface area contributed by atoms with Crippen LogP contribution in [0.1, 0.15) is 10.5 Å². The predicted molar refractivity (Wildman–Crippen MR) is 79.3 cm³/mol. The van der Waals surface area contributed by atoms with E-state index in [1.54, 1.807) is 6.07 Å². The van der Waals surface area contributed by atoms with Crippen LogP contribution in [0.2, 0.25) is 0 Å². The first-order valence-corrected chi connectivity index (χ1v) is 6.66. The summed E-state index contributed by atoms with van der Waals surface area (Å²) < 4.78 is 41.9. The van der Waals surface area contributed by atoms with Crippen molar-refractivity contribution in [3.05, 3.63) is 60.0 Å². The standard InChI is InChI=1S/C16H11F3N2O2/c17-12-2-1-3-13-11(12)8-14(21-13)15(22)20-9-4-6-10(7-5-9)23-16(18)19/h1-8,16,21H,(H,20,22). The lowest BCUT2D eigenvalue weighted by atomic mass is 10.2. The SMILES string of the molecule is O=C(Nc1ccc(OC(F)F)cc1)c1cc2c(F)cccc2[nH]1. The van der Waals surface area contributed by atoms with Crippen molar-refractivity contribution in [3.8, 4) is 5.75 Å². The van der Waals surface area contributed by atoms with Gasteiger partial charge in [-0.25, -0.2) is 4.39 Å². The monoisotopic (exact) mass is 320 g/mol. The van der Waals surface area contributed by atoms with E-state index in [1.165, 1.54) is 42.5 Å². The summed E-state index contributed by atoms with van der Waals surface area (Å²) in [5, 5.41) is 2.90. The Balaban J connectivity index is 1.76. The van der Waals surface area contributed by atoms with Crippen molar-refractivity contribution in [2.45, 2.75) is 6.61 Å². The minimum atomic E-state index is -2.91. The highest BCUT2D eigenvalue weighted by atomic mass is 19.3. The Bertz CT molecular complexity index is 844. The van der Waals surface area contributed by atoms with Gasteiger partial charge in [-0.1, -0.05) is 6.07 Å². The molecule has 4 nitrogen and oxygen atoms in total. The minimum Gasteiger partial charge on any atom is -0.435 e. The minimum absolute atomic E-state index is 0.00863. The number of aromatic amines is 1. The summed E-state index contributed by atoms with van der Waals surface area (Å²) in [7, 11) is 0. The van der Waals surface area contributed by atoms with Crippen LogP contribution in [-0.2, 0) is 0 Å². The summed E-state index contributed by atoms with van der Waals surface area (Å²) in [5.41, 5.74) is 1.10. The number of anilines is 1. The van der Waals surface area contributed by atoms with E-state index in [0.29, 0.717) is 16.6 Å². The fourth-order valence-electron chi connectivity index (χ4n) is 2.16. The van der Waals surface area contributed by atoms with Crippen LogP contribution in [0.4, 0.5) is 18.9 Å². The number of ether oxygens (including phenoxy) is 1. The van der Waals surface area contributed by atoms with E-state index in [-0.39, 0.29) is 11.4 Å². The van der Waals surface area contributed by atoms with Crippen LogP contribution in [0.15, 0.2) is 48.5 Å². The number of carbonyl (C=O) groups is 1. The van der Waals surface area contributed by atoms with Gasteiger partial charge in [-0.3, -0.25) is 4.79 Å². The topological polar surface area (TPSA) is 54.1 Å². The lowest BCUT2D eigenvalue weighted by Gasteiger charge is -2.06. The number of halogens is 3. The average Bonchev–Trinajstić information content (AvgIpc) is 2.94. The molecule has 1 heterocycles. The van der Waals surface area contributed by atoms with Crippen LogP contribution >= 0.6 is 0 Å². The van der Waals surface area contributed by atoms with Gasteiger partial charge in [0.25, 0.3) is 5.91 Å². The Morgan fingerprint density at radius 3 is 2.52 bits per heavy atom. The van der Waals surface area contributed by atoms with Crippen LogP contribution in [0.3, 0.4) is 0 Å². The first-order chi connectivity index (χ1) is 11.0. The summed E-state index contributed by atoms with van der Waals surface area (Å²) in [4.78, 5) is 15.0. The van der Waals surface area contributed by atoms with Crippen LogP contribution in [0.5, 0.6) is 5.75 Å². The van der Waals surface area contributed by atoms with E-state index >= 15 is 0 Å². The van der Waals surface area contributed by atoms with Crippen molar-refractivity contribution in [2.24, 2.45) is 0 Å². The second-order valence-electron chi connectivity index (χ2n) is 4.74. The molecule has 0 radical (unpaired) electrons. The Morgan fingerprint density at radius 1 is 1.13 bits per heavy atom. The molecule has 23 heavy (non-hydrogen) atoms. The number of aromatic nitrogens is 1. The lowest BCUT2D eigenvalue weighted by molar-refractivity contribution is -0.0498. The molecule has 0 unspecified atom stereocenters. The fraction of sp³-hybridized carbons (Fsp3) is 0.0625. The molecule has 7 heteroatoms. The zero-order valence-corrected chi connectivity index (χ0v) is 11.6. The number of alkyl halides is 2. The van der Waals surface area contributed by atoms with Gasteiger partial charge >= 0.3 is 6.61 Å². The van der Waals surface area contributed by atoms with Gasteiger partial charge in [0.1, 0.15) is 17.3 Å². The number of nitrogens with one attached hydrogen (secondary N) is 2. The summed E-state index contributed by atoms with van der Waals surface area (Å²) in [5.74, 6) is -0.903. The molecule has 0 aliphatic rings. The summed E-state index contributed by atoms with van der Waals surface area (Å²) in [6.45, 7) is -2.91. The van der Waals surface area contributed by atoms with E-state index in [1.807, 2.05) is 0 Å². The number of H-pyrrole nitrogens is 1. The van der Waals surface area contributed by atoms with Gasteiger partial charge in [-0.2, -0.15) is 8.78 Å². The van der Waals surface area contributed by atoms with Crippen LogP contribution in [-0.4, -0.2) is 17.5 Å². The van der Waals surface area contributed by atoms with Gasteiger partial charge < -0.3 is 15.0 Å². The number of rotatable bonds is 4. The van der Waals surface area contributed by atoms with Gasteiger partial charge in [-0.15, -0.1) is 0 Å².